The van der Waals surface area contributed by atoms with Crippen molar-refractivity contribution in [2.75, 3.05) is 24.6 Å². The summed E-state index contributed by atoms with van der Waals surface area (Å²) < 4.78 is 7.11. The van der Waals surface area contributed by atoms with E-state index in [2.05, 4.69) is 47.8 Å². The third-order valence-electron chi connectivity index (χ3n) is 10.9. The molecule has 3 fully saturated rings. The first-order valence-corrected chi connectivity index (χ1v) is 17.1. The lowest BCUT2D eigenvalue weighted by Gasteiger charge is -2.47. The van der Waals surface area contributed by atoms with Gasteiger partial charge in [-0.1, -0.05) is 78.3 Å². The van der Waals surface area contributed by atoms with Gasteiger partial charge in [0.1, 0.15) is 11.6 Å². The van der Waals surface area contributed by atoms with Crippen molar-refractivity contribution in [1.82, 2.24) is 9.80 Å². The molecular weight excluding hydrogens is 578 g/mol. The molecular formula is C38H57N3O5. The molecule has 1 aromatic carbocycles. The van der Waals surface area contributed by atoms with Crippen LogP contribution in [0.4, 0.5) is 5.69 Å². The number of fused-ring (bicyclic) bond motifs is 1. The van der Waals surface area contributed by atoms with Crippen molar-refractivity contribution >= 4 is 23.4 Å². The second-order valence-corrected chi connectivity index (χ2v) is 15.6. The highest BCUT2D eigenvalue weighted by molar-refractivity contribution is 6.03. The van der Waals surface area contributed by atoms with Gasteiger partial charge in [0.2, 0.25) is 17.7 Å². The maximum absolute atomic E-state index is 15.2. The zero-order chi connectivity index (χ0) is 34.2. The van der Waals surface area contributed by atoms with Crippen LogP contribution in [0, 0.1) is 23.2 Å². The number of hydrogen-bond donors (Lipinski definition) is 1. The summed E-state index contributed by atoms with van der Waals surface area (Å²) in [6.45, 7) is 24.8. The lowest BCUT2D eigenvalue weighted by atomic mass is 9.64. The Morgan fingerprint density at radius 1 is 1.07 bits per heavy atom. The number of ether oxygens (including phenoxy) is 1. The molecule has 1 N–H and O–H groups in total. The molecule has 254 valence electrons. The largest absolute Gasteiger partial charge is 0.394 e. The number of anilines is 1. The van der Waals surface area contributed by atoms with Crippen molar-refractivity contribution in [2.45, 2.75) is 116 Å². The van der Waals surface area contributed by atoms with Gasteiger partial charge in [-0.25, -0.2) is 0 Å². The molecule has 46 heavy (non-hydrogen) atoms. The van der Waals surface area contributed by atoms with Gasteiger partial charge in [0, 0.05) is 24.3 Å². The summed E-state index contributed by atoms with van der Waals surface area (Å²) in [6.07, 6.45) is 6.45. The Bertz CT molecular complexity index is 1300. The molecule has 3 aliphatic rings. The number of carbonyl (C=O) groups is 3. The number of para-hydroxylation sites is 1. The average molecular weight is 636 g/mol. The number of aliphatic hydroxyl groups is 1. The summed E-state index contributed by atoms with van der Waals surface area (Å²) in [5.41, 5.74) is -2.00. The van der Waals surface area contributed by atoms with Crippen LogP contribution in [0.15, 0.2) is 55.6 Å². The maximum Gasteiger partial charge on any atom is 0.249 e. The molecule has 8 nitrogen and oxygen atoms in total. The van der Waals surface area contributed by atoms with E-state index >= 15 is 9.59 Å². The Morgan fingerprint density at radius 2 is 1.70 bits per heavy atom. The Morgan fingerprint density at radius 3 is 2.22 bits per heavy atom. The number of likely N-dealkylation sites (tertiary alicyclic amines) is 1. The highest BCUT2D eigenvalue weighted by atomic mass is 16.5. The van der Waals surface area contributed by atoms with Gasteiger partial charge in [-0.05, 0) is 63.0 Å². The molecule has 0 saturated carbocycles. The molecule has 3 amide bonds. The molecule has 4 rings (SSSR count). The molecule has 3 saturated heterocycles. The second-order valence-electron chi connectivity index (χ2n) is 15.6. The number of hydrogen-bond acceptors (Lipinski definition) is 5. The molecule has 0 aliphatic carbocycles. The first-order chi connectivity index (χ1) is 21.6. The molecule has 0 radical (unpaired) electrons. The smallest absolute Gasteiger partial charge is 0.249 e. The summed E-state index contributed by atoms with van der Waals surface area (Å²) in [6, 6.07) is 7.86. The number of aliphatic hydroxyl groups excluding tert-OH is 1. The SMILES string of the molecule is C=CCN(C(=O)[C@@H]1[C@H]2C(=O)N([C@@H](CO)[C@@H](C)CC)C(C(=O)N(CC=C)C(C)(C)CC(C)(C)C)C23CC[C@@]1(CC)O3)c1ccccc1. The minimum absolute atomic E-state index is 0.0717. The molecule has 1 aromatic rings. The molecule has 1 spiro atoms. The molecule has 2 unspecified atom stereocenters. The van der Waals surface area contributed by atoms with Gasteiger partial charge in [0.05, 0.1) is 30.1 Å². The van der Waals surface area contributed by atoms with Gasteiger partial charge < -0.3 is 24.5 Å². The van der Waals surface area contributed by atoms with Crippen LogP contribution in [0.3, 0.4) is 0 Å². The number of carbonyl (C=O) groups excluding carboxylic acids is 3. The minimum Gasteiger partial charge on any atom is -0.394 e. The lowest BCUT2D eigenvalue weighted by Crippen LogP contribution is -2.63. The highest BCUT2D eigenvalue weighted by Crippen LogP contribution is 2.65. The van der Waals surface area contributed by atoms with Crippen LogP contribution in [0.25, 0.3) is 0 Å². The van der Waals surface area contributed by atoms with Gasteiger partial charge in [-0.2, -0.15) is 0 Å². The Balaban J connectivity index is 1.91. The third-order valence-corrected chi connectivity index (χ3v) is 10.9. The van der Waals surface area contributed by atoms with Crippen molar-refractivity contribution in [1.29, 1.82) is 0 Å². The molecule has 3 aliphatic heterocycles. The van der Waals surface area contributed by atoms with E-state index in [1.165, 1.54) is 0 Å². The second kappa shape index (κ2) is 13.3. The minimum atomic E-state index is -1.20. The number of benzene rings is 1. The monoisotopic (exact) mass is 635 g/mol. The first kappa shape index (κ1) is 35.9. The van der Waals surface area contributed by atoms with Crippen molar-refractivity contribution < 1.29 is 24.2 Å². The van der Waals surface area contributed by atoms with Crippen LogP contribution in [-0.2, 0) is 19.1 Å². The molecule has 0 aromatic heterocycles. The third kappa shape index (κ3) is 5.96. The number of nitrogens with zero attached hydrogens (tertiary/aromatic N) is 3. The van der Waals surface area contributed by atoms with Gasteiger partial charge in [0.25, 0.3) is 0 Å². The van der Waals surface area contributed by atoms with Gasteiger partial charge >= 0.3 is 0 Å². The van der Waals surface area contributed by atoms with E-state index in [9.17, 15) is 9.90 Å². The maximum atomic E-state index is 15.2. The Labute approximate surface area is 276 Å². The Hall–Kier alpha value is -2.97. The lowest BCUT2D eigenvalue weighted by molar-refractivity contribution is -0.161. The van der Waals surface area contributed by atoms with Crippen molar-refractivity contribution in [2.24, 2.45) is 23.2 Å². The fourth-order valence-corrected chi connectivity index (χ4v) is 9.02. The summed E-state index contributed by atoms with van der Waals surface area (Å²) in [5.74, 6) is -2.40. The predicted octanol–water partition coefficient (Wildman–Crippen LogP) is 6.00. The van der Waals surface area contributed by atoms with E-state index in [4.69, 9.17) is 4.74 Å². The highest BCUT2D eigenvalue weighted by Gasteiger charge is 2.79. The molecule has 8 heteroatoms. The molecule has 2 bridgehead atoms. The molecule has 3 heterocycles. The van der Waals surface area contributed by atoms with Crippen LogP contribution >= 0.6 is 0 Å². The van der Waals surface area contributed by atoms with Crippen molar-refractivity contribution in [3.05, 3.63) is 55.6 Å². The van der Waals surface area contributed by atoms with Gasteiger partial charge in [-0.3, -0.25) is 14.4 Å². The van der Waals surface area contributed by atoms with Crippen molar-refractivity contribution in [3.8, 4) is 0 Å². The number of rotatable bonds is 14. The summed E-state index contributed by atoms with van der Waals surface area (Å²) >= 11 is 0. The van der Waals surface area contributed by atoms with Gasteiger partial charge in [0.15, 0.2) is 0 Å². The first-order valence-electron chi connectivity index (χ1n) is 17.1. The van der Waals surface area contributed by atoms with Crippen LogP contribution in [0.1, 0.15) is 87.5 Å². The van der Waals surface area contributed by atoms with Crippen molar-refractivity contribution in [3.63, 3.8) is 0 Å². The van der Waals surface area contributed by atoms with E-state index in [0.717, 1.165) is 12.1 Å². The van der Waals surface area contributed by atoms with Gasteiger partial charge in [-0.15, -0.1) is 13.2 Å². The normalized spacial score (nSPS) is 28.5. The number of amides is 3. The van der Waals surface area contributed by atoms with Crippen LogP contribution in [0.5, 0.6) is 0 Å². The Kier molecular flexibility index (Phi) is 10.3. The van der Waals surface area contributed by atoms with Crippen LogP contribution in [0.2, 0.25) is 0 Å². The summed E-state index contributed by atoms with van der Waals surface area (Å²) in [4.78, 5) is 50.2. The quantitative estimate of drug-likeness (QED) is 0.254. The van der Waals surface area contributed by atoms with E-state index in [0.29, 0.717) is 32.2 Å². The zero-order valence-corrected chi connectivity index (χ0v) is 29.4. The fraction of sp³-hybridized carbons (Fsp3) is 0.658. The average Bonchev–Trinajstić information content (AvgIpc) is 3.61. The van der Waals surface area contributed by atoms with E-state index in [-0.39, 0.29) is 42.2 Å². The summed E-state index contributed by atoms with van der Waals surface area (Å²) in [7, 11) is 0. The zero-order valence-electron chi connectivity index (χ0n) is 29.4. The van der Waals surface area contributed by atoms with E-state index in [1.807, 2.05) is 56.0 Å². The molecule has 7 atom stereocenters. The fourth-order valence-electron chi connectivity index (χ4n) is 9.02. The standard InChI is InChI=1S/C38H57N3O5/c1-11-22-39(27-18-16-15-17-19-27)32(43)29-30-33(44)41(28(24-42)26(5)13-3)31(38(30)21-20-37(29,14-4)46-38)34(45)40(23-12-2)36(9,10)25-35(6,7)8/h11-12,15-19,26,28-31,42H,1-2,13-14,20-25H2,3-10H3/t26-,28-,29-,30-,31?,37+,38?/m0/s1. The van der Waals surface area contributed by atoms with Crippen LogP contribution in [-0.4, -0.2) is 81.1 Å². The van der Waals surface area contributed by atoms with Crippen LogP contribution < -0.4 is 4.90 Å². The summed E-state index contributed by atoms with van der Waals surface area (Å²) in [5, 5.41) is 10.8. The topological polar surface area (TPSA) is 90.4 Å². The van der Waals surface area contributed by atoms with E-state index < -0.39 is 40.7 Å². The van der Waals surface area contributed by atoms with E-state index in [1.54, 1.807) is 22.0 Å². The predicted molar refractivity (Wildman–Crippen MR) is 183 cm³/mol.